The van der Waals surface area contributed by atoms with Gasteiger partial charge in [0.2, 0.25) is 0 Å². The van der Waals surface area contributed by atoms with Crippen molar-refractivity contribution in [3.8, 4) is 11.5 Å². The number of aliphatic carboxylic acids is 1. The Hall–Kier alpha value is -2.94. The van der Waals surface area contributed by atoms with E-state index in [0.29, 0.717) is 5.56 Å². The topological polar surface area (TPSA) is 105 Å². The maximum atomic E-state index is 12.2. The SMILES string of the molecule is COc1cc(/C=C2\C(=O)NC(=S)N(C)C2=O)ccc1O[C@H](C)C(=O)O. The van der Waals surface area contributed by atoms with E-state index in [2.05, 4.69) is 5.32 Å². The third-order valence-electron chi connectivity index (χ3n) is 3.45. The summed E-state index contributed by atoms with van der Waals surface area (Å²) in [5.74, 6) is -1.72. The first-order valence-corrected chi connectivity index (χ1v) is 7.58. The lowest BCUT2D eigenvalue weighted by molar-refractivity contribution is -0.144. The fraction of sp³-hybridized carbons (Fsp3) is 0.250. The number of carbonyl (C=O) groups is 3. The molecule has 132 valence electrons. The van der Waals surface area contributed by atoms with Crippen molar-refractivity contribution in [2.24, 2.45) is 0 Å². The van der Waals surface area contributed by atoms with Gasteiger partial charge in [0, 0.05) is 7.05 Å². The predicted octanol–water partition coefficient (Wildman–Crippen LogP) is 0.804. The first kappa shape index (κ1) is 18.4. The summed E-state index contributed by atoms with van der Waals surface area (Å²) in [7, 11) is 2.86. The maximum absolute atomic E-state index is 12.2. The molecule has 0 aromatic heterocycles. The van der Waals surface area contributed by atoms with Crippen LogP contribution in [0, 0.1) is 0 Å². The number of hydrogen-bond donors (Lipinski definition) is 2. The molecular formula is C16H16N2O6S. The van der Waals surface area contributed by atoms with E-state index < -0.39 is 23.9 Å². The minimum atomic E-state index is -1.11. The molecule has 1 aliphatic rings. The first-order chi connectivity index (χ1) is 11.7. The van der Waals surface area contributed by atoms with Crippen molar-refractivity contribution in [3.05, 3.63) is 29.3 Å². The summed E-state index contributed by atoms with van der Waals surface area (Å²) in [6.07, 6.45) is 0.335. The second-order valence-electron chi connectivity index (χ2n) is 5.19. The number of rotatable bonds is 5. The summed E-state index contributed by atoms with van der Waals surface area (Å²) in [6.45, 7) is 1.39. The van der Waals surface area contributed by atoms with Gasteiger partial charge in [0.1, 0.15) is 5.57 Å². The van der Waals surface area contributed by atoms with Crippen LogP contribution in [0.15, 0.2) is 23.8 Å². The number of ether oxygens (including phenoxy) is 2. The van der Waals surface area contributed by atoms with Gasteiger partial charge in [0.05, 0.1) is 7.11 Å². The van der Waals surface area contributed by atoms with Crippen LogP contribution in [0.1, 0.15) is 12.5 Å². The van der Waals surface area contributed by atoms with E-state index in [1.165, 1.54) is 39.3 Å². The second-order valence-corrected chi connectivity index (χ2v) is 5.58. The molecule has 2 rings (SSSR count). The number of methoxy groups -OCH3 is 1. The van der Waals surface area contributed by atoms with Crippen molar-refractivity contribution in [1.82, 2.24) is 10.2 Å². The Labute approximate surface area is 149 Å². The summed E-state index contributed by atoms with van der Waals surface area (Å²) in [5, 5.41) is 11.4. The van der Waals surface area contributed by atoms with Gasteiger partial charge < -0.3 is 14.6 Å². The average molecular weight is 364 g/mol. The number of nitrogens with one attached hydrogen (secondary N) is 1. The summed E-state index contributed by atoms with van der Waals surface area (Å²) in [5.41, 5.74) is 0.428. The summed E-state index contributed by atoms with van der Waals surface area (Å²) in [4.78, 5) is 36.2. The zero-order valence-electron chi connectivity index (χ0n) is 13.7. The number of benzene rings is 1. The molecule has 1 saturated heterocycles. The molecular weight excluding hydrogens is 348 g/mol. The van der Waals surface area contributed by atoms with E-state index in [9.17, 15) is 14.4 Å². The van der Waals surface area contributed by atoms with Gasteiger partial charge >= 0.3 is 5.97 Å². The Kier molecular flexibility index (Phi) is 5.38. The monoisotopic (exact) mass is 364 g/mol. The first-order valence-electron chi connectivity index (χ1n) is 7.17. The predicted molar refractivity (Wildman–Crippen MR) is 92.2 cm³/mol. The van der Waals surface area contributed by atoms with Gasteiger partial charge in [0.25, 0.3) is 11.8 Å². The van der Waals surface area contributed by atoms with Crippen LogP contribution in [0.3, 0.4) is 0 Å². The molecule has 8 nitrogen and oxygen atoms in total. The second kappa shape index (κ2) is 7.31. The zero-order valence-corrected chi connectivity index (χ0v) is 14.5. The van der Waals surface area contributed by atoms with E-state index in [4.69, 9.17) is 26.8 Å². The summed E-state index contributed by atoms with van der Waals surface area (Å²) in [6, 6.07) is 4.61. The van der Waals surface area contributed by atoms with Crippen molar-refractivity contribution >= 4 is 41.2 Å². The largest absolute Gasteiger partial charge is 0.493 e. The van der Waals surface area contributed by atoms with Crippen molar-refractivity contribution in [2.75, 3.05) is 14.2 Å². The van der Waals surface area contributed by atoms with Gasteiger partial charge in [0.15, 0.2) is 22.7 Å². The number of amides is 2. The molecule has 2 N–H and O–H groups in total. The van der Waals surface area contributed by atoms with Crippen LogP contribution in [-0.4, -0.2) is 53.2 Å². The smallest absolute Gasteiger partial charge is 0.344 e. The summed E-state index contributed by atoms with van der Waals surface area (Å²) >= 11 is 4.88. The minimum absolute atomic E-state index is 0.0381. The quantitative estimate of drug-likeness (QED) is 0.452. The lowest BCUT2D eigenvalue weighted by Gasteiger charge is -2.25. The zero-order chi connectivity index (χ0) is 18.7. The third-order valence-corrected chi connectivity index (χ3v) is 3.83. The highest BCUT2D eigenvalue weighted by atomic mass is 32.1. The fourth-order valence-corrected chi connectivity index (χ4v) is 2.20. The molecule has 9 heteroatoms. The molecule has 1 aliphatic heterocycles. The molecule has 1 aromatic rings. The van der Waals surface area contributed by atoms with Gasteiger partial charge in [-0.3, -0.25) is 19.8 Å². The highest BCUT2D eigenvalue weighted by Crippen LogP contribution is 2.30. The van der Waals surface area contributed by atoms with Gasteiger partial charge in [-0.05, 0) is 42.9 Å². The number of hydrogen-bond acceptors (Lipinski definition) is 6. The molecule has 1 aromatic carbocycles. The Balaban J connectivity index is 2.34. The van der Waals surface area contributed by atoms with Crippen LogP contribution in [0.25, 0.3) is 6.08 Å². The molecule has 1 heterocycles. The average Bonchev–Trinajstić information content (AvgIpc) is 2.57. The molecule has 0 saturated carbocycles. The van der Waals surface area contributed by atoms with Crippen molar-refractivity contribution in [3.63, 3.8) is 0 Å². The van der Waals surface area contributed by atoms with Crippen molar-refractivity contribution in [2.45, 2.75) is 13.0 Å². The number of likely N-dealkylation sites (N-methyl/N-ethyl adjacent to an activating group) is 1. The number of nitrogens with zero attached hydrogens (tertiary/aromatic N) is 1. The molecule has 0 spiro atoms. The van der Waals surface area contributed by atoms with Crippen LogP contribution < -0.4 is 14.8 Å². The Morgan fingerprint density at radius 1 is 1.36 bits per heavy atom. The van der Waals surface area contributed by atoms with E-state index in [0.717, 1.165) is 4.90 Å². The van der Waals surface area contributed by atoms with E-state index in [1.807, 2.05) is 0 Å². The maximum Gasteiger partial charge on any atom is 0.344 e. The Bertz CT molecular complexity index is 789. The van der Waals surface area contributed by atoms with Gasteiger partial charge in [-0.1, -0.05) is 6.07 Å². The van der Waals surface area contributed by atoms with Crippen molar-refractivity contribution in [1.29, 1.82) is 0 Å². The minimum Gasteiger partial charge on any atom is -0.493 e. The number of carboxylic acids is 1. The van der Waals surface area contributed by atoms with Gasteiger partial charge in [-0.25, -0.2) is 4.79 Å². The molecule has 0 unspecified atom stereocenters. The third kappa shape index (κ3) is 3.94. The standard InChI is InChI=1S/C16H16N2O6S/c1-8(15(21)22)24-11-5-4-9(7-12(11)23-3)6-10-13(19)17-16(25)18(2)14(10)20/h4-8H,1-3H3,(H,21,22)(H,17,19,25)/b10-6+/t8-/m1/s1. The highest BCUT2D eigenvalue weighted by Gasteiger charge is 2.30. The van der Waals surface area contributed by atoms with Crippen molar-refractivity contribution < 1.29 is 29.0 Å². The van der Waals surface area contributed by atoms with Crippen LogP contribution >= 0.6 is 12.2 Å². The molecule has 0 radical (unpaired) electrons. The molecule has 25 heavy (non-hydrogen) atoms. The normalized spacial score (nSPS) is 17.3. The van der Waals surface area contributed by atoms with Crippen LogP contribution in [0.5, 0.6) is 11.5 Å². The number of carboxylic acid groups (broad SMARTS) is 1. The molecule has 1 atom stereocenters. The van der Waals surface area contributed by atoms with E-state index in [1.54, 1.807) is 6.07 Å². The van der Waals surface area contributed by atoms with Crippen LogP contribution in [-0.2, 0) is 14.4 Å². The highest BCUT2D eigenvalue weighted by molar-refractivity contribution is 7.80. The number of carbonyl (C=O) groups excluding carboxylic acids is 2. The lowest BCUT2D eigenvalue weighted by atomic mass is 10.1. The lowest BCUT2D eigenvalue weighted by Crippen LogP contribution is -2.52. The van der Waals surface area contributed by atoms with Gasteiger partial charge in [-0.15, -0.1) is 0 Å². The molecule has 0 aliphatic carbocycles. The van der Waals surface area contributed by atoms with E-state index >= 15 is 0 Å². The molecule has 0 bridgehead atoms. The molecule has 2 amide bonds. The van der Waals surface area contributed by atoms with Crippen LogP contribution in [0.4, 0.5) is 0 Å². The van der Waals surface area contributed by atoms with E-state index in [-0.39, 0.29) is 22.2 Å². The van der Waals surface area contributed by atoms with Gasteiger partial charge in [-0.2, -0.15) is 0 Å². The number of thiocarbonyl (C=S) groups is 1. The summed E-state index contributed by atoms with van der Waals surface area (Å²) < 4.78 is 10.5. The Morgan fingerprint density at radius 2 is 2.04 bits per heavy atom. The Morgan fingerprint density at radius 3 is 2.64 bits per heavy atom. The molecule has 1 fully saturated rings. The van der Waals surface area contributed by atoms with Crippen LogP contribution in [0.2, 0.25) is 0 Å². The fourth-order valence-electron chi connectivity index (χ4n) is 2.02.